The molecule has 0 radical (unpaired) electrons. The Hall–Kier alpha value is -2.41. The molecule has 0 atom stereocenters. The van der Waals surface area contributed by atoms with Gasteiger partial charge < -0.3 is 20.1 Å². The molecule has 1 rings (SSSR count). The van der Waals surface area contributed by atoms with E-state index in [4.69, 9.17) is 9.84 Å². The second-order valence-electron chi connectivity index (χ2n) is 4.38. The summed E-state index contributed by atoms with van der Waals surface area (Å²) in [5.74, 6) is -1.78. The summed E-state index contributed by atoms with van der Waals surface area (Å²) < 4.78 is 4.87. The lowest BCUT2D eigenvalue weighted by atomic mass is 10.1. The van der Waals surface area contributed by atoms with Gasteiger partial charge in [-0.1, -0.05) is 6.07 Å². The van der Waals surface area contributed by atoms with Gasteiger partial charge in [-0.25, -0.2) is 0 Å². The smallest absolute Gasteiger partial charge is 0.323 e. The Labute approximate surface area is 122 Å². The Bertz CT molecular complexity index is 530. The fraction of sp³-hybridized carbons (Fsp3) is 0.357. The van der Waals surface area contributed by atoms with Crippen LogP contribution >= 0.6 is 0 Å². The largest absolute Gasteiger partial charge is 0.480 e. The molecule has 0 aromatic heterocycles. The topological polar surface area (TPSA) is 95.9 Å². The molecule has 114 valence electrons. The Kier molecular flexibility index (Phi) is 6.35. The summed E-state index contributed by atoms with van der Waals surface area (Å²) in [4.78, 5) is 35.3. The fourth-order valence-electron chi connectivity index (χ4n) is 1.73. The number of amides is 2. The van der Waals surface area contributed by atoms with Gasteiger partial charge in [-0.05, 0) is 18.2 Å². The summed E-state index contributed by atoms with van der Waals surface area (Å²) >= 11 is 0. The summed E-state index contributed by atoms with van der Waals surface area (Å²) in [6.07, 6.45) is 0. The van der Waals surface area contributed by atoms with E-state index in [0.717, 1.165) is 0 Å². The number of nitrogens with zero attached hydrogens (tertiary/aromatic N) is 1. The second kappa shape index (κ2) is 8.01. The van der Waals surface area contributed by atoms with Crippen molar-refractivity contribution in [3.05, 3.63) is 29.8 Å². The second-order valence-corrected chi connectivity index (χ2v) is 4.38. The molecule has 2 amide bonds. The summed E-state index contributed by atoms with van der Waals surface area (Å²) in [7, 11) is 1.47. The SMILES string of the molecule is COCCN(CC(=O)O)C(=O)c1cccc(NC(C)=O)c1. The maximum atomic E-state index is 12.3. The zero-order valence-corrected chi connectivity index (χ0v) is 12.0. The molecule has 0 saturated heterocycles. The van der Waals surface area contributed by atoms with E-state index in [2.05, 4.69) is 5.32 Å². The van der Waals surface area contributed by atoms with E-state index < -0.39 is 18.4 Å². The van der Waals surface area contributed by atoms with Crippen molar-refractivity contribution >= 4 is 23.5 Å². The zero-order chi connectivity index (χ0) is 15.8. The highest BCUT2D eigenvalue weighted by Crippen LogP contribution is 2.13. The van der Waals surface area contributed by atoms with Crippen LogP contribution in [0, 0.1) is 0 Å². The Morgan fingerprint density at radius 3 is 2.62 bits per heavy atom. The number of carboxylic acids is 1. The normalized spacial score (nSPS) is 10.0. The molecule has 0 aliphatic rings. The minimum Gasteiger partial charge on any atom is -0.480 e. The molecule has 0 bridgehead atoms. The average molecular weight is 294 g/mol. The monoisotopic (exact) mass is 294 g/mol. The average Bonchev–Trinajstić information content (AvgIpc) is 2.42. The van der Waals surface area contributed by atoms with E-state index in [-0.39, 0.29) is 19.1 Å². The molecule has 1 aromatic rings. The number of nitrogens with one attached hydrogen (secondary N) is 1. The van der Waals surface area contributed by atoms with Crippen LogP contribution < -0.4 is 5.32 Å². The van der Waals surface area contributed by atoms with Gasteiger partial charge in [0.2, 0.25) is 5.91 Å². The first-order valence-corrected chi connectivity index (χ1v) is 6.31. The van der Waals surface area contributed by atoms with Crippen LogP contribution in [0.5, 0.6) is 0 Å². The van der Waals surface area contributed by atoms with Crippen LogP contribution in [0.1, 0.15) is 17.3 Å². The summed E-state index contributed by atoms with van der Waals surface area (Å²) in [5.41, 5.74) is 0.786. The molecule has 0 unspecified atom stereocenters. The Balaban J connectivity index is 2.91. The van der Waals surface area contributed by atoms with Gasteiger partial charge in [-0.15, -0.1) is 0 Å². The molecule has 0 fully saturated rings. The van der Waals surface area contributed by atoms with Crippen LogP contribution in [0.2, 0.25) is 0 Å². The summed E-state index contributed by atoms with van der Waals surface area (Å²) in [6.45, 7) is 1.37. The van der Waals surface area contributed by atoms with Crippen molar-refractivity contribution < 1.29 is 24.2 Å². The highest BCUT2D eigenvalue weighted by atomic mass is 16.5. The number of rotatable bonds is 7. The van der Waals surface area contributed by atoms with Crippen molar-refractivity contribution in [3.63, 3.8) is 0 Å². The lowest BCUT2D eigenvalue weighted by molar-refractivity contribution is -0.137. The molecule has 21 heavy (non-hydrogen) atoms. The number of ether oxygens (including phenoxy) is 1. The first-order valence-electron chi connectivity index (χ1n) is 6.31. The number of carbonyl (C=O) groups is 3. The molecular weight excluding hydrogens is 276 g/mol. The lowest BCUT2D eigenvalue weighted by Crippen LogP contribution is -2.38. The Morgan fingerprint density at radius 2 is 2.05 bits per heavy atom. The van der Waals surface area contributed by atoms with Gasteiger partial charge in [-0.3, -0.25) is 14.4 Å². The molecule has 7 nitrogen and oxygen atoms in total. The van der Waals surface area contributed by atoms with Crippen LogP contribution in [0.15, 0.2) is 24.3 Å². The standard InChI is InChI=1S/C14H18N2O5/c1-10(17)15-12-5-3-4-11(8-12)14(20)16(6-7-21-2)9-13(18)19/h3-5,8H,6-7,9H2,1-2H3,(H,15,17)(H,18,19). The lowest BCUT2D eigenvalue weighted by Gasteiger charge is -2.20. The Morgan fingerprint density at radius 1 is 1.33 bits per heavy atom. The van der Waals surface area contributed by atoms with Crippen molar-refractivity contribution in [2.75, 3.05) is 32.1 Å². The molecule has 7 heteroatoms. The maximum Gasteiger partial charge on any atom is 0.323 e. The maximum absolute atomic E-state index is 12.3. The number of hydrogen-bond donors (Lipinski definition) is 2. The van der Waals surface area contributed by atoms with Crippen LogP contribution in [-0.2, 0) is 14.3 Å². The van der Waals surface area contributed by atoms with Crippen molar-refractivity contribution in [2.45, 2.75) is 6.92 Å². The fourth-order valence-corrected chi connectivity index (χ4v) is 1.73. The van der Waals surface area contributed by atoms with Crippen LogP contribution in [0.4, 0.5) is 5.69 Å². The van der Waals surface area contributed by atoms with E-state index in [1.54, 1.807) is 18.2 Å². The molecule has 0 heterocycles. The van der Waals surface area contributed by atoms with Crippen molar-refractivity contribution in [1.82, 2.24) is 4.90 Å². The summed E-state index contributed by atoms with van der Waals surface area (Å²) in [6, 6.07) is 6.34. The summed E-state index contributed by atoms with van der Waals surface area (Å²) in [5, 5.41) is 11.4. The van der Waals surface area contributed by atoms with E-state index in [0.29, 0.717) is 11.3 Å². The number of carbonyl (C=O) groups excluding carboxylic acids is 2. The highest BCUT2D eigenvalue weighted by molar-refractivity contribution is 5.98. The first kappa shape index (κ1) is 16.6. The molecule has 1 aromatic carbocycles. The number of carboxylic acid groups (broad SMARTS) is 1. The number of aliphatic carboxylic acids is 1. The number of hydrogen-bond acceptors (Lipinski definition) is 4. The van der Waals surface area contributed by atoms with Crippen LogP contribution in [0.3, 0.4) is 0 Å². The molecule has 0 aliphatic heterocycles. The molecular formula is C14H18N2O5. The van der Waals surface area contributed by atoms with Crippen LogP contribution in [-0.4, -0.2) is 54.6 Å². The zero-order valence-electron chi connectivity index (χ0n) is 12.0. The minimum atomic E-state index is -1.10. The van der Waals surface area contributed by atoms with Crippen molar-refractivity contribution in [3.8, 4) is 0 Å². The van der Waals surface area contributed by atoms with Crippen LogP contribution in [0.25, 0.3) is 0 Å². The van der Waals surface area contributed by atoms with E-state index in [9.17, 15) is 14.4 Å². The number of benzene rings is 1. The van der Waals surface area contributed by atoms with E-state index >= 15 is 0 Å². The van der Waals surface area contributed by atoms with Gasteiger partial charge in [0.15, 0.2) is 0 Å². The highest BCUT2D eigenvalue weighted by Gasteiger charge is 2.18. The molecule has 2 N–H and O–H groups in total. The number of anilines is 1. The van der Waals surface area contributed by atoms with Gasteiger partial charge in [0.1, 0.15) is 6.54 Å². The molecule has 0 saturated carbocycles. The van der Waals surface area contributed by atoms with E-state index in [1.807, 2.05) is 0 Å². The first-order chi connectivity index (χ1) is 9.93. The van der Waals surface area contributed by atoms with Gasteiger partial charge in [0, 0.05) is 31.8 Å². The van der Waals surface area contributed by atoms with Crippen molar-refractivity contribution in [1.29, 1.82) is 0 Å². The van der Waals surface area contributed by atoms with Gasteiger partial charge in [0.25, 0.3) is 5.91 Å². The molecule has 0 spiro atoms. The predicted molar refractivity (Wildman–Crippen MR) is 76.2 cm³/mol. The third-order valence-electron chi connectivity index (χ3n) is 2.61. The minimum absolute atomic E-state index is 0.173. The number of methoxy groups -OCH3 is 1. The van der Waals surface area contributed by atoms with E-state index in [1.165, 1.54) is 25.0 Å². The molecule has 0 aliphatic carbocycles. The third kappa shape index (κ3) is 5.62. The third-order valence-corrected chi connectivity index (χ3v) is 2.61. The predicted octanol–water partition coefficient (Wildman–Crippen LogP) is 0.818. The quantitative estimate of drug-likeness (QED) is 0.776. The van der Waals surface area contributed by atoms with Gasteiger partial charge in [0.05, 0.1) is 6.61 Å². The van der Waals surface area contributed by atoms with Gasteiger partial charge >= 0.3 is 5.97 Å². The van der Waals surface area contributed by atoms with Gasteiger partial charge in [-0.2, -0.15) is 0 Å². The van der Waals surface area contributed by atoms with Crippen molar-refractivity contribution in [2.24, 2.45) is 0 Å².